The molecule has 0 atom stereocenters. The van der Waals surface area contributed by atoms with E-state index in [1.165, 1.54) is 0 Å². The van der Waals surface area contributed by atoms with E-state index in [4.69, 9.17) is 0 Å². The third-order valence-corrected chi connectivity index (χ3v) is 0.608. The van der Waals surface area contributed by atoms with Crippen LogP contribution in [-0.4, -0.2) is 6.18 Å². The molecule has 0 saturated heterocycles. The summed E-state index contributed by atoms with van der Waals surface area (Å²) in [6, 6.07) is 0. The van der Waals surface area contributed by atoms with E-state index in [0.29, 0.717) is 0 Å². The number of rotatable bonds is 1. The van der Waals surface area contributed by atoms with Crippen LogP contribution in [0.15, 0.2) is 11.7 Å². The number of halogens is 7. The van der Waals surface area contributed by atoms with Crippen molar-refractivity contribution in [3.05, 3.63) is 18.1 Å². The summed E-state index contributed by atoms with van der Waals surface area (Å²) in [7, 11) is 0. The van der Waals surface area contributed by atoms with Crippen LogP contribution in [0.25, 0.3) is 0 Å². The van der Waals surface area contributed by atoms with E-state index in [-0.39, 0.29) is 0 Å². The Bertz CT molecular complexity index is 164. The van der Waals surface area contributed by atoms with Gasteiger partial charge in [0.1, 0.15) is 0 Å². The molecule has 11 heavy (non-hydrogen) atoms. The molecular formula is C4F7. The van der Waals surface area contributed by atoms with E-state index in [0.717, 1.165) is 0 Å². The Kier molecular flexibility index (Phi) is 2.89. The van der Waals surface area contributed by atoms with E-state index in [9.17, 15) is 30.7 Å². The highest BCUT2D eigenvalue weighted by Gasteiger charge is 2.40. The SMILES string of the molecule is F[C](F)/C(F)=C(\F)C(F)(F)F. The van der Waals surface area contributed by atoms with Crippen LogP contribution in [0.1, 0.15) is 0 Å². The predicted octanol–water partition coefficient (Wildman–Crippen LogP) is 3.13. The summed E-state index contributed by atoms with van der Waals surface area (Å²) in [6.45, 7) is 0. The maximum Gasteiger partial charge on any atom is 0.445 e. The quantitative estimate of drug-likeness (QED) is 0.545. The Morgan fingerprint density at radius 1 is 0.818 bits per heavy atom. The Hall–Kier alpha value is -0.750. The molecule has 0 aliphatic rings. The molecule has 0 saturated carbocycles. The molecule has 0 aliphatic heterocycles. The van der Waals surface area contributed by atoms with Crippen molar-refractivity contribution in [1.82, 2.24) is 0 Å². The second-order valence-electron chi connectivity index (χ2n) is 1.39. The zero-order chi connectivity index (χ0) is 9.23. The third-order valence-electron chi connectivity index (χ3n) is 0.608. The van der Waals surface area contributed by atoms with Crippen molar-refractivity contribution in [2.45, 2.75) is 6.18 Å². The number of allylic oxidation sites excluding steroid dienone is 2. The van der Waals surface area contributed by atoms with Gasteiger partial charge in [-0.25, -0.2) is 4.39 Å². The molecule has 0 N–H and O–H groups in total. The van der Waals surface area contributed by atoms with Gasteiger partial charge in [-0.15, -0.1) is 0 Å². The summed E-state index contributed by atoms with van der Waals surface area (Å²) in [6.07, 6.45) is -9.03. The number of hydrogen-bond acceptors (Lipinski definition) is 0. The molecule has 1 radical (unpaired) electrons. The largest absolute Gasteiger partial charge is 0.445 e. The summed E-state index contributed by atoms with van der Waals surface area (Å²) >= 11 is 0. The second kappa shape index (κ2) is 3.10. The maximum absolute atomic E-state index is 11.4. The Morgan fingerprint density at radius 2 is 1.18 bits per heavy atom. The van der Waals surface area contributed by atoms with Gasteiger partial charge in [-0.05, 0) is 0 Å². The first-order valence-corrected chi connectivity index (χ1v) is 2.07. The van der Waals surface area contributed by atoms with Gasteiger partial charge in [0.15, 0.2) is 0 Å². The van der Waals surface area contributed by atoms with Crippen LogP contribution >= 0.6 is 0 Å². The van der Waals surface area contributed by atoms with Crippen LogP contribution in [0.2, 0.25) is 0 Å². The average molecular weight is 181 g/mol. The maximum atomic E-state index is 11.4. The van der Waals surface area contributed by atoms with Gasteiger partial charge in [-0.1, -0.05) is 0 Å². The van der Waals surface area contributed by atoms with E-state index >= 15 is 0 Å². The lowest BCUT2D eigenvalue weighted by atomic mass is 10.4. The van der Waals surface area contributed by atoms with Gasteiger partial charge in [0.25, 0.3) is 0 Å². The van der Waals surface area contributed by atoms with Gasteiger partial charge >= 0.3 is 12.6 Å². The van der Waals surface area contributed by atoms with Gasteiger partial charge < -0.3 is 0 Å². The molecule has 0 bridgehead atoms. The molecule has 0 aromatic rings. The molecule has 0 aromatic heterocycles. The first-order valence-electron chi connectivity index (χ1n) is 2.07. The number of hydrogen-bond donors (Lipinski definition) is 0. The minimum absolute atomic E-state index is 3.17. The van der Waals surface area contributed by atoms with Crippen molar-refractivity contribution >= 4 is 0 Å². The molecule has 0 aliphatic carbocycles. The topological polar surface area (TPSA) is 0 Å². The van der Waals surface area contributed by atoms with E-state index in [1.807, 2.05) is 0 Å². The lowest BCUT2D eigenvalue weighted by Gasteiger charge is -2.02. The standard InChI is InChI=1S/C4F7/c5-1(3(7)8)2(6)4(9,10)11/b2-1+. The molecule has 0 heterocycles. The Labute approximate surface area is 56.3 Å². The van der Waals surface area contributed by atoms with Crippen molar-refractivity contribution in [3.8, 4) is 0 Å². The van der Waals surface area contributed by atoms with Gasteiger partial charge in [-0.2, -0.15) is 26.3 Å². The second-order valence-corrected chi connectivity index (χ2v) is 1.39. The smallest absolute Gasteiger partial charge is 0.202 e. The van der Waals surface area contributed by atoms with E-state index in [2.05, 4.69) is 0 Å². The summed E-state index contributed by atoms with van der Waals surface area (Å²) in [5.41, 5.74) is 0. The number of alkyl halides is 3. The Balaban J connectivity index is 4.67. The summed E-state index contributed by atoms with van der Waals surface area (Å²) in [5, 5.41) is 0. The normalized spacial score (nSPS) is 15.3. The van der Waals surface area contributed by atoms with Crippen molar-refractivity contribution in [1.29, 1.82) is 0 Å². The molecule has 65 valence electrons. The third kappa shape index (κ3) is 2.77. The first-order chi connectivity index (χ1) is 4.76. The monoisotopic (exact) mass is 181 g/mol. The molecule has 0 rings (SSSR count). The van der Waals surface area contributed by atoms with Crippen LogP contribution in [0, 0.1) is 6.43 Å². The molecule has 0 aromatic carbocycles. The predicted molar refractivity (Wildman–Crippen MR) is 20.8 cm³/mol. The fourth-order valence-corrected chi connectivity index (χ4v) is 0.207. The molecule has 0 fully saturated rings. The molecular weight excluding hydrogens is 181 g/mol. The van der Waals surface area contributed by atoms with Crippen molar-refractivity contribution in [2.24, 2.45) is 0 Å². The van der Waals surface area contributed by atoms with Crippen LogP contribution in [0.4, 0.5) is 30.7 Å². The van der Waals surface area contributed by atoms with Crippen LogP contribution < -0.4 is 0 Å². The van der Waals surface area contributed by atoms with Crippen molar-refractivity contribution in [3.63, 3.8) is 0 Å². The van der Waals surface area contributed by atoms with Crippen LogP contribution in [0.5, 0.6) is 0 Å². The zero-order valence-electron chi connectivity index (χ0n) is 4.65. The minimum atomic E-state index is -5.70. The van der Waals surface area contributed by atoms with Gasteiger partial charge in [0.2, 0.25) is 11.7 Å². The highest BCUT2D eigenvalue weighted by molar-refractivity contribution is 5.14. The van der Waals surface area contributed by atoms with Gasteiger partial charge in [0, 0.05) is 0 Å². The summed E-state index contributed by atoms with van der Waals surface area (Å²) < 4.78 is 77.9. The molecule has 0 spiro atoms. The van der Waals surface area contributed by atoms with Crippen LogP contribution in [-0.2, 0) is 0 Å². The van der Waals surface area contributed by atoms with Crippen molar-refractivity contribution < 1.29 is 30.7 Å². The molecule has 0 unspecified atom stereocenters. The molecule has 0 amide bonds. The van der Waals surface area contributed by atoms with Gasteiger partial charge in [-0.3, -0.25) is 0 Å². The zero-order valence-corrected chi connectivity index (χ0v) is 4.65. The summed E-state index contributed by atoms with van der Waals surface area (Å²) in [5.74, 6) is -6.59. The first kappa shape index (κ1) is 10.2. The summed E-state index contributed by atoms with van der Waals surface area (Å²) in [4.78, 5) is 0. The minimum Gasteiger partial charge on any atom is -0.202 e. The van der Waals surface area contributed by atoms with Gasteiger partial charge in [0.05, 0.1) is 0 Å². The fraction of sp³-hybridized carbons (Fsp3) is 0.250. The van der Waals surface area contributed by atoms with Crippen LogP contribution in [0.3, 0.4) is 0 Å². The fourth-order valence-electron chi connectivity index (χ4n) is 0.207. The Morgan fingerprint density at radius 3 is 1.27 bits per heavy atom. The lowest BCUT2D eigenvalue weighted by molar-refractivity contribution is -0.112. The lowest BCUT2D eigenvalue weighted by Crippen LogP contribution is -2.10. The van der Waals surface area contributed by atoms with E-state index < -0.39 is 24.3 Å². The van der Waals surface area contributed by atoms with Crippen molar-refractivity contribution in [2.75, 3.05) is 0 Å². The molecule has 0 nitrogen and oxygen atoms in total. The molecule has 7 heteroatoms. The highest BCUT2D eigenvalue weighted by Crippen LogP contribution is 2.34. The van der Waals surface area contributed by atoms with E-state index in [1.54, 1.807) is 0 Å². The average Bonchev–Trinajstić information content (AvgIpc) is 1.82. The highest BCUT2D eigenvalue weighted by atomic mass is 19.4.